The standard InChI is InChI=1S/C18H18FN3O2/c19-15-8-6-14(7-9-15)17(13-4-2-1-3-5-13)21-12-16(23)22-11-10-20-18(22)24/h1-9,17,21H,10-12H2,(H,20,24)/t17-/m1/s1. The maximum absolute atomic E-state index is 13.2. The van der Waals surface area contributed by atoms with Crippen molar-refractivity contribution in [1.29, 1.82) is 0 Å². The number of carbonyl (C=O) groups excluding carboxylic acids is 2. The number of benzene rings is 2. The summed E-state index contributed by atoms with van der Waals surface area (Å²) in [5.74, 6) is -0.594. The van der Waals surface area contributed by atoms with Gasteiger partial charge < -0.3 is 5.32 Å². The lowest BCUT2D eigenvalue weighted by Crippen LogP contribution is -2.41. The fourth-order valence-corrected chi connectivity index (χ4v) is 2.72. The van der Waals surface area contributed by atoms with Crippen molar-refractivity contribution in [3.8, 4) is 0 Å². The highest BCUT2D eigenvalue weighted by Gasteiger charge is 2.26. The second-order valence-corrected chi connectivity index (χ2v) is 5.55. The fourth-order valence-electron chi connectivity index (χ4n) is 2.72. The highest BCUT2D eigenvalue weighted by molar-refractivity contribution is 5.96. The molecule has 3 amide bonds. The van der Waals surface area contributed by atoms with Crippen LogP contribution < -0.4 is 10.6 Å². The summed E-state index contributed by atoms with van der Waals surface area (Å²) in [6.45, 7) is 0.876. The number of hydrogen-bond acceptors (Lipinski definition) is 3. The third-order valence-electron chi connectivity index (χ3n) is 3.95. The van der Waals surface area contributed by atoms with Crippen molar-refractivity contribution >= 4 is 11.9 Å². The van der Waals surface area contributed by atoms with Crippen LogP contribution in [0.4, 0.5) is 9.18 Å². The van der Waals surface area contributed by atoms with Gasteiger partial charge in [-0.25, -0.2) is 9.18 Å². The van der Waals surface area contributed by atoms with Gasteiger partial charge in [-0.2, -0.15) is 0 Å². The Morgan fingerprint density at radius 1 is 1.12 bits per heavy atom. The topological polar surface area (TPSA) is 61.4 Å². The molecule has 1 atom stereocenters. The van der Waals surface area contributed by atoms with Crippen LogP contribution in [0.5, 0.6) is 0 Å². The molecule has 0 unspecified atom stereocenters. The van der Waals surface area contributed by atoms with Crippen LogP contribution in [0.15, 0.2) is 54.6 Å². The summed E-state index contributed by atoms with van der Waals surface area (Å²) in [4.78, 5) is 25.0. The number of nitrogens with one attached hydrogen (secondary N) is 2. The minimum Gasteiger partial charge on any atom is -0.336 e. The van der Waals surface area contributed by atoms with E-state index in [-0.39, 0.29) is 30.3 Å². The summed E-state index contributed by atoms with van der Waals surface area (Å²) in [5.41, 5.74) is 1.81. The number of nitrogens with zero attached hydrogens (tertiary/aromatic N) is 1. The van der Waals surface area contributed by atoms with Crippen molar-refractivity contribution in [1.82, 2.24) is 15.5 Å². The van der Waals surface area contributed by atoms with E-state index in [1.165, 1.54) is 17.0 Å². The van der Waals surface area contributed by atoms with Gasteiger partial charge in [0.2, 0.25) is 5.91 Å². The van der Waals surface area contributed by atoms with E-state index in [1.54, 1.807) is 12.1 Å². The Morgan fingerprint density at radius 3 is 2.42 bits per heavy atom. The van der Waals surface area contributed by atoms with Gasteiger partial charge in [-0.15, -0.1) is 0 Å². The average molecular weight is 327 g/mol. The number of amides is 3. The van der Waals surface area contributed by atoms with Gasteiger partial charge in [0, 0.05) is 13.1 Å². The van der Waals surface area contributed by atoms with Gasteiger partial charge in [-0.05, 0) is 23.3 Å². The van der Waals surface area contributed by atoms with E-state index in [9.17, 15) is 14.0 Å². The minimum atomic E-state index is -0.361. The Hall–Kier alpha value is -2.73. The lowest BCUT2D eigenvalue weighted by Gasteiger charge is -2.21. The van der Waals surface area contributed by atoms with E-state index in [1.807, 2.05) is 30.3 Å². The van der Waals surface area contributed by atoms with Crippen LogP contribution in [-0.2, 0) is 4.79 Å². The number of hydrogen-bond donors (Lipinski definition) is 2. The minimum absolute atomic E-state index is 0.0182. The van der Waals surface area contributed by atoms with Crippen molar-refractivity contribution in [2.45, 2.75) is 6.04 Å². The lowest BCUT2D eigenvalue weighted by atomic mass is 9.98. The Bertz CT molecular complexity index is 719. The molecule has 0 radical (unpaired) electrons. The summed E-state index contributed by atoms with van der Waals surface area (Å²) in [6, 6.07) is 15.1. The van der Waals surface area contributed by atoms with Gasteiger partial charge >= 0.3 is 6.03 Å². The number of urea groups is 1. The van der Waals surface area contributed by atoms with Gasteiger partial charge in [0.15, 0.2) is 0 Å². The van der Waals surface area contributed by atoms with Gasteiger partial charge in [0.05, 0.1) is 12.6 Å². The lowest BCUT2D eigenvalue weighted by molar-refractivity contribution is -0.126. The zero-order valence-corrected chi connectivity index (χ0v) is 13.0. The van der Waals surface area contributed by atoms with Gasteiger partial charge in [0.25, 0.3) is 0 Å². The number of halogens is 1. The zero-order chi connectivity index (χ0) is 16.9. The van der Waals surface area contributed by atoms with Crippen molar-refractivity contribution in [2.75, 3.05) is 19.6 Å². The van der Waals surface area contributed by atoms with Crippen LogP contribution >= 0.6 is 0 Å². The smallest absolute Gasteiger partial charge is 0.324 e. The van der Waals surface area contributed by atoms with Crippen LogP contribution in [-0.4, -0.2) is 36.5 Å². The summed E-state index contributed by atoms with van der Waals surface area (Å²) >= 11 is 0. The fraction of sp³-hybridized carbons (Fsp3) is 0.222. The molecule has 1 aliphatic heterocycles. The third-order valence-corrected chi connectivity index (χ3v) is 3.95. The average Bonchev–Trinajstić information content (AvgIpc) is 3.03. The largest absolute Gasteiger partial charge is 0.336 e. The van der Waals surface area contributed by atoms with E-state index in [0.29, 0.717) is 13.1 Å². The van der Waals surface area contributed by atoms with Crippen LogP contribution in [0.1, 0.15) is 17.2 Å². The molecule has 3 rings (SSSR count). The van der Waals surface area contributed by atoms with E-state index < -0.39 is 0 Å². The van der Waals surface area contributed by atoms with Crippen LogP contribution in [0.2, 0.25) is 0 Å². The highest BCUT2D eigenvalue weighted by atomic mass is 19.1. The number of imide groups is 1. The molecular weight excluding hydrogens is 309 g/mol. The normalized spacial score (nSPS) is 15.2. The number of rotatable bonds is 5. The molecule has 1 heterocycles. The molecule has 2 aromatic rings. The summed E-state index contributed by atoms with van der Waals surface area (Å²) in [6.07, 6.45) is 0. The Kier molecular flexibility index (Phi) is 4.86. The first-order valence-corrected chi connectivity index (χ1v) is 7.77. The monoisotopic (exact) mass is 327 g/mol. The molecule has 0 saturated carbocycles. The maximum atomic E-state index is 13.2. The summed E-state index contributed by atoms with van der Waals surface area (Å²) in [7, 11) is 0. The van der Waals surface area contributed by atoms with Crippen molar-refractivity contribution in [3.63, 3.8) is 0 Å². The first-order chi connectivity index (χ1) is 11.6. The molecule has 0 aromatic heterocycles. The zero-order valence-electron chi connectivity index (χ0n) is 13.0. The van der Waals surface area contributed by atoms with Gasteiger partial charge in [0.1, 0.15) is 5.82 Å². The van der Waals surface area contributed by atoms with Crippen LogP contribution in [0.3, 0.4) is 0 Å². The molecule has 124 valence electrons. The summed E-state index contributed by atoms with van der Waals surface area (Å²) in [5, 5.41) is 5.78. The maximum Gasteiger partial charge on any atom is 0.324 e. The predicted octanol–water partition coefficient (Wildman–Crippen LogP) is 2.06. The van der Waals surface area contributed by atoms with Gasteiger partial charge in [-0.3, -0.25) is 15.0 Å². The molecule has 0 bridgehead atoms. The second kappa shape index (κ2) is 7.23. The third kappa shape index (κ3) is 3.60. The van der Waals surface area contributed by atoms with Crippen LogP contribution in [0, 0.1) is 5.82 Å². The molecule has 6 heteroatoms. The molecule has 5 nitrogen and oxygen atoms in total. The molecule has 2 aromatic carbocycles. The molecule has 0 spiro atoms. The Labute approximate surface area is 139 Å². The molecular formula is C18H18FN3O2. The second-order valence-electron chi connectivity index (χ2n) is 5.55. The molecule has 0 aliphatic carbocycles. The molecule has 1 saturated heterocycles. The van der Waals surface area contributed by atoms with E-state index in [4.69, 9.17) is 0 Å². The number of carbonyl (C=O) groups is 2. The van der Waals surface area contributed by atoms with Crippen molar-refractivity contribution < 1.29 is 14.0 Å². The van der Waals surface area contributed by atoms with E-state index >= 15 is 0 Å². The first kappa shape index (κ1) is 16.1. The first-order valence-electron chi connectivity index (χ1n) is 7.77. The molecule has 1 fully saturated rings. The van der Waals surface area contributed by atoms with Crippen LogP contribution in [0.25, 0.3) is 0 Å². The van der Waals surface area contributed by atoms with Crippen molar-refractivity contribution in [3.05, 3.63) is 71.5 Å². The Morgan fingerprint density at radius 2 is 1.79 bits per heavy atom. The predicted molar refractivity (Wildman–Crippen MR) is 87.8 cm³/mol. The van der Waals surface area contributed by atoms with E-state index in [0.717, 1.165) is 11.1 Å². The Balaban J connectivity index is 1.76. The summed E-state index contributed by atoms with van der Waals surface area (Å²) < 4.78 is 13.2. The molecule has 24 heavy (non-hydrogen) atoms. The highest BCUT2D eigenvalue weighted by Crippen LogP contribution is 2.22. The van der Waals surface area contributed by atoms with Crippen molar-refractivity contribution in [2.24, 2.45) is 0 Å². The molecule has 2 N–H and O–H groups in total. The quantitative estimate of drug-likeness (QED) is 0.884. The van der Waals surface area contributed by atoms with Gasteiger partial charge in [-0.1, -0.05) is 42.5 Å². The van der Waals surface area contributed by atoms with E-state index in [2.05, 4.69) is 10.6 Å². The molecule has 1 aliphatic rings. The SMILES string of the molecule is O=C(CN[C@H](c1ccccc1)c1ccc(F)cc1)N1CCNC1=O.